The van der Waals surface area contributed by atoms with Gasteiger partial charge in [0.1, 0.15) is 0 Å². The Balaban J connectivity index is 1.05. The normalized spacial score (nSPS) is 12.2. The topological polar surface area (TPSA) is 35.6 Å². The van der Waals surface area contributed by atoms with E-state index in [1.807, 2.05) is 0 Å². The van der Waals surface area contributed by atoms with Gasteiger partial charge < -0.3 is 4.57 Å². The molecule has 14 rings (SSSR count). The zero-order valence-electron chi connectivity index (χ0n) is 33.4. The van der Waals surface area contributed by atoms with Gasteiger partial charge in [0.15, 0.2) is 0 Å². The van der Waals surface area contributed by atoms with Crippen LogP contribution in [0.3, 0.4) is 0 Å². The predicted octanol–water partition coefficient (Wildman–Crippen LogP) is 15.3. The molecule has 62 heavy (non-hydrogen) atoms. The molecule has 3 heterocycles. The van der Waals surface area contributed by atoms with E-state index in [1.54, 1.807) is 0 Å². The Kier molecular flexibility index (Phi) is 6.80. The van der Waals surface area contributed by atoms with Crippen molar-refractivity contribution >= 4 is 108 Å². The minimum absolute atomic E-state index is 0.647. The van der Waals surface area contributed by atoms with Gasteiger partial charge in [-0.3, -0.25) is 4.57 Å². The quantitative estimate of drug-likeness (QED) is 0.167. The maximum absolute atomic E-state index is 5.57. The van der Waals surface area contributed by atoms with E-state index in [-0.39, 0.29) is 0 Å². The molecule has 4 heteroatoms. The number of fused-ring (bicyclic) bond motifs is 15. The average Bonchev–Trinajstić information content (AvgIpc) is 3.83. The second-order valence-corrected chi connectivity index (χ2v) is 16.6. The molecular weight excluding hydrogens is 753 g/mol. The van der Waals surface area contributed by atoms with E-state index in [0.29, 0.717) is 5.95 Å². The molecule has 4 nitrogen and oxygen atoms in total. The molecule has 0 fully saturated rings. The minimum atomic E-state index is 0.647. The van der Waals surface area contributed by atoms with Gasteiger partial charge in [0.2, 0.25) is 5.95 Å². The highest BCUT2D eigenvalue weighted by Gasteiger charge is 2.21. The minimum Gasteiger partial charge on any atom is -0.309 e. The fourth-order valence-electron chi connectivity index (χ4n) is 10.4. The molecule has 0 saturated heterocycles. The molecule has 0 atom stereocenters. The number of para-hydroxylation sites is 2. The summed E-state index contributed by atoms with van der Waals surface area (Å²) in [4.78, 5) is 10.9. The molecule has 286 valence electrons. The lowest BCUT2D eigenvalue weighted by Crippen LogP contribution is -2.03. The van der Waals surface area contributed by atoms with Crippen molar-refractivity contribution in [3.63, 3.8) is 0 Å². The largest absolute Gasteiger partial charge is 0.309 e. The summed E-state index contributed by atoms with van der Waals surface area (Å²) in [7, 11) is 0. The first-order chi connectivity index (χ1) is 30.7. The fourth-order valence-corrected chi connectivity index (χ4v) is 10.4. The number of nitrogens with zero attached hydrogens (tertiary/aromatic N) is 4. The first kappa shape index (κ1) is 33.5. The summed E-state index contributed by atoms with van der Waals surface area (Å²) in [6, 6.07) is 75.1. The summed E-state index contributed by atoms with van der Waals surface area (Å²) in [5, 5.41) is 18.1. The molecule has 0 saturated carbocycles. The van der Waals surface area contributed by atoms with E-state index in [1.165, 1.54) is 75.7 Å². The molecule has 0 unspecified atom stereocenters. The summed E-state index contributed by atoms with van der Waals surface area (Å²) in [6.45, 7) is 0. The van der Waals surface area contributed by atoms with Gasteiger partial charge in [-0.25, -0.2) is 9.97 Å². The highest BCUT2D eigenvalue weighted by atomic mass is 15.2. The number of hydrogen-bond acceptors (Lipinski definition) is 2. The van der Waals surface area contributed by atoms with Crippen molar-refractivity contribution < 1.29 is 0 Å². The van der Waals surface area contributed by atoms with Gasteiger partial charge in [0.25, 0.3) is 0 Å². The van der Waals surface area contributed by atoms with Crippen molar-refractivity contribution in [3.05, 3.63) is 206 Å². The van der Waals surface area contributed by atoms with Crippen molar-refractivity contribution in [1.29, 1.82) is 0 Å². The number of benzene rings is 11. The van der Waals surface area contributed by atoms with Gasteiger partial charge in [-0.05, 0) is 115 Å². The van der Waals surface area contributed by atoms with Crippen molar-refractivity contribution in [2.24, 2.45) is 0 Å². The first-order valence-corrected chi connectivity index (χ1v) is 21.2. The van der Waals surface area contributed by atoms with Crippen LogP contribution in [0.15, 0.2) is 206 Å². The van der Waals surface area contributed by atoms with Crippen LogP contribution in [0, 0.1) is 0 Å². The Morgan fingerprint density at radius 3 is 1.44 bits per heavy atom. The van der Waals surface area contributed by atoms with Crippen LogP contribution in [0.2, 0.25) is 0 Å². The Labute approximate surface area is 355 Å². The monoisotopic (exact) mass is 786 g/mol. The van der Waals surface area contributed by atoms with Crippen LogP contribution in [0.4, 0.5) is 0 Å². The van der Waals surface area contributed by atoms with Crippen molar-refractivity contribution in [1.82, 2.24) is 19.1 Å². The Hall–Kier alpha value is -8.34. The highest BCUT2D eigenvalue weighted by Crippen LogP contribution is 2.41. The van der Waals surface area contributed by atoms with Crippen molar-refractivity contribution in [3.8, 4) is 22.9 Å². The lowest BCUT2D eigenvalue weighted by molar-refractivity contribution is 1.01. The van der Waals surface area contributed by atoms with E-state index in [4.69, 9.17) is 9.97 Å². The second kappa shape index (κ2) is 12.6. The SMILES string of the molecule is c1ccc2cc3c(cc2c1)c1ccccc1n3-c1ccc2c(c1)c1cc3ccccc3cc1n2-c1nc(-c2ccc3c4ccccc4c4ccccc4c3c2)c2ccccc2n1. The molecule has 0 aliphatic rings. The van der Waals surface area contributed by atoms with Crippen molar-refractivity contribution in [2.75, 3.05) is 0 Å². The summed E-state index contributed by atoms with van der Waals surface area (Å²) in [6.07, 6.45) is 0. The van der Waals surface area contributed by atoms with Gasteiger partial charge in [-0.15, -0.1) is 0 Å². The van der Waals surface area contributed by atoms with E-state index in [9.17, 15) is 0 Å². The molecule has 0 spiro atoms. The lowest BCUT2D eigenvalue weighted by Gasteiger charge is -2.14. The van der Waals surface area contributed by atoms with Crippen LogP contribution >= 0.6 is 0 Å². The summed E-state index contributed by atoms with van der Waals surface area (Å²) >= 11 is 0. The standard InChI is InChI=1S/C58H34N4/c1-3-15-37-32-55-49(29-35(37)13-1)46-21-10-12-24-53(46)61(55)40-26-28-54-51(34-40)50-30-36-14-2-4-16-38(36)33-56(50)62(54)58-59-52-23-11-9-22-47(52)57(60-58)39-25-27-45-43-19-6-5-17-41(43)42-18-7-8-20-44(42)48(45)31-39/h1-34H. The molecular formula is C58H34N4. The van der Waals surface area contributed by atoms with Crippen LogP contribution in [0.1, 0.15) is 0 Å². The van der Waals surface area contributed by atoms with E-state index in [2.05, 4.69) is 215 Å². The Morgan fingerprint density at radius 1 is 0.274 bits per heavy atom. The molecule has 14 aromatic rings. The predicted molar refractivity (Wildman–Crippen MR) is 261 cm³/mol. The maximum atomic E-state index is 5.57. The van der Waals surface area contributed by atoms with Crippen LogP contribution in [0.5, 0.6) is 0 Å². The molecule has 11 aromatic carbocycles. The van der Waals surface area contributed by atoms with E-state index < -0.39 is 0 Å². The molecule has 0 N–H and O–H groups in total. The Bertz CT molecular complexity index is 4190. The first-order valence-electron chi connectivity index (χ1n) is 21.2. The van der Waals surface area contributed by atoms with E-state index in [0.717, 1.165) is 49.7 Å². The molecule has 0 aliphatic heterocycles. The van der Waals surface area contributed by atoms with Crippen LogP contribution in [0.25, 0.3) is 131 Å². The summed E-state index contributed by atoms with van der Waals surface area (Å²) < 4.78 is 4.71. The van der Waals surface area contributed by atoms with Gasteiger partial charge in [0, 0.05) is 38.2 Å². The number of aromatic nitrogens is 4. The smallest absolute Gasteiger partial charge is 0.235 e. The molecule has 0 radical (unpaired) electrons. The van der Waals surface area contributed by atoms with Crippen LogP contribution < -0.4 is 0 Å². The molecule has 3 aromatic heterocycles. The van der Waals surface area contributed by atoms with Gasteiger partial charge in [-0.1, -0.05) is 146 Å². The van der Waals surface area contributed by atoms with Crippen molar-refractivity contribution in [2.45, 2.75) is 0 Å². The fraction of sp³-hybridized carbons (Fsp3) is 0. The molecule has 0 bridgehead atoms. The van der Waals surface area contributed by atoms with E-state index >= 15 is 0 Å². The number of hydrogen-bond donors (Lipinski definition) is 0. The zero-order valence-corrected chi connectivity index (χ0v) is 33.4. The third-order valence-electron chi connectivity index (χ3n) is 13.2. The maximum Gasteiger partial charge on any atom is 0.235 e. The molecule has 0 aliphatic carbocycles. The summed E-state index contributed by atoms with van der Waals surface area (Å²) in [5.74, 6) is 0.647. The third kappa shape index (κ3) is 4.72. The zero-order chi connectivity index (χ0) is 40.5. The number of rotatable bonds is 3. The van der Waals surface area contributed by atoms with Gasteiger partial charge in [0.05, 0.1) is 33.3 Å². The van der Waals surface area contributed by atoms with Crippen LogP contribution in [-0.2, 0) is 0 Å². The van der Waals surface area contributed by atoms with Gasteiger partial charge in [-0.2, -0.15) is 0 Å². The Morgan fingerprint density at radius 2 is 0.758 bits per heavy atom. The van der Waals surface area contributed by atoms with Crippen LogP contribution in [-0.4, -0.2) is 19.1 Å². The second-order valence-electron chi connectivity index (χ2n) is 16.6. The molecule has 0 amide bonds. The summed E-state index contributed by atoms with van der Waals surface area (Å²) in [5.41, 5.74) is 8.49. The van der Waals surface area contributed by atoms with Gasteiger partial charge >= 0.3 is 0 Å². The third-order valence-corrected chi connectivity index (χ3v) is 13.2. The highest BCUT2D eigenvalue weighted by molar-refractivity contribution is 6.26. The lowest BCUT2D eigenvalue weighted by atomic mass is 9.92. The average molecular weight is 787 g/mol.